The molecule has 1 aromatic carbocycles. The lowest BCUT2D eigenvalue weighted by Crippen LogP contribution is -2.29. The lowest BCUT2D eigenvalue weighted by molar-refractivity contribution is 0.210. The highest BCUT2D eigenvalue weighted by Crippen LogP contribution is 2.43. The van der Waals surface area contributed by atoms with E-state index in [0.717, 1.165) is 29.4 Å². The number of hydrogen-bond donors (Lipinski definition) is 1. The van der Waals surface area contributed by atoms with E-state index in [9.17, 15) is 4.57 Å². The van der Waals surface area contributed by atoms with Gasteiger partial charge in [0, 0.05) is 19.6 Å². The topological polar surface area (TPSA) is 50.8 Å². The van der Waals surface area contributed by atoms with E-state index in [0.29, 0.717) is 19.8 Å². The molecule has 1 N–H and O–H groups in total. The summed E-state index contributed by atoms with van der Waals surface area (Å²) < 4.78 is 23.0. The second-order valence-corrected chi connectivity index (χ2v) is 8.59. The van der Waals surface area contributed by atoms with E-state index in [1.54, 1.807) is 13.8 Å². The molecule has 5 nitrogen and oxygen atoms in total. The second kappa shape index (κ2) is 9.94. The fourth-order valence-corrected chi connectivity index (χ4v) is 4.80. The Bertz CT molecular complexity index is 584. The number of benzene rings is 1. The Labute approximate surface area is 156 Å². The number of anilines is 1. The minimum atomic E-state index is -3.23. The molecule has 7 heteroatoms. The molecule has 0 amide bonds. The van der Waals surface area contributed by atoms with Crippen LogP contribution in [0, 0.1) is 0 Å². The van der Waals surface area contributed by atoms with Crippen LogP contribution in [0.3, 0.4) is 0 Å². The highest BCUT2D eigenvalue weighted by Gasteiger charge is 2.24. The van der Waals surface area contributed by atoms with Gasteiger partial charge in [0.2, 0.25) is 0 Å². The molecule has 1 saturated heterocycles. The van der Waals surface area contributed by atoms with Crippen molar-refractivity contribution in [3.63, 3.8) is 0 Å². The van der Waals surface area contributed by atoms with Crippen molar-refractivity contribution < 1.29 is 13.6 Å². The third-order valence-electron chi connectivity index (χ3n) is 4.43. The van der Waals surface area contributed by atoms with Crippen LogP contribution in [-0.4, -0.2) is 32.8 Å². The molecule has 0 aromatic heterocycles. The standard InChI is InChI=1S/C18H30ClN2O3P/c1-4-23-25(22,24-5-2)20-14-15(3)16-9-10-18(17(19)13-16)21-11-7-6-8-12-21/h9-10,13,15H,4-8,11-12,14H2,1-3H3,(H,20,22). The van der Waals surface area contributed by atoms with Gasteiger partial charge in [0.1, 0.15) is 0 Å². The van der Waals surface area contributed by atoms with Gasteiger partial charge < -0.3 is 4.90 Å². The first-order valence-corrected chi connectivity index (χ1v) is 11.1. The zero-order chi connectivity index (χ0) is 18.3. The summed E-state index contributed by atoms with van der Waals surface area (Å²) >= 11 is 6.53. The van der Waals surface area contributed by atoms with Gasteiger partial charge in [-0.15, -0.1) is 0 Å². The Hall–Kier alpha value is -0.580. The van der Waals surface area contributed by atoms with Crippen molar-refractivity contribution in [1.29, 1.82) is 0 Å². The predicted octanol–water partition coefficient (Wildman–Crippen LogP) is 5.20. The van der Waals surface area contributed by atoms with Crippen LogP contribution in [0.4, 0.5) is 5.69 Å². The minimum absolute atomic E-state index is 0.141. The summed E-state index contributed by atoms with van der Waals surface area (Å²) in [5.41, 5.74) is 2.22. The summed E-state index contributed by atoms with van der Waals surface area (Å²) in [6.45, 7) is 9.00. The number of nitrogens with zero attached hydrogens (tertiary/aromatic N) is 1. The van der Waals surface area contributed by atoms with Crippen molar-refractivity contribution >= 4 is 25.0 Å². The third-order valence-corrected chi connectivity index (χ3v) is 6.50. The Morgan fingerprint density at radius 2 is 1.84 bits per heavy atom. The maximum Gasteiger partial charge on any atom is 0.405 e. The summed E-state index contributed by atoms with van der Waals surface area (Å²) in [6.07, 6.45) is 3.75. The van der Waals surface area contributed by atoms with Crippen molar-refractivity contribution in [1.82, 2.24) is 5.09 Å². The molecule has 1 unspecified atom stereocenters. The molecule has 1 aliphatic heterocycles. The zero-order valence-electron chi connectivity index (χ0n) is 15.5. The zero-order valence-corrected chi connectivity index (χ0v) is 17.1. The minimum Gasteiger partial charge on any atom is -0.370 e. The molecule has 1 heterocycles. The number of piperidine rings is 1. The van der Waals surface area contributed by atoms with Gasteiger partial charge in [-0.25, -0.2) is 9.65 Å². The smallest absolute Gasteiger partial charge is 0.370 e. The first-order valence-electron chi connectivity index (χ1n) is 9.17. The summed E-state index contributed by atoms with van der Waals surface area (Å²) in [5.74, 6) is 0.141. The van der Waals surface area contributed by atoms with Crippen molar-refractivity contribution in [2.24, 2.45) is 0 Å². The van der Waals surface area contributed by atoms with Gasteiger partial charge >= 0.3 is 7.75 Å². The number of rotatable bonds is 9. The molecule has 0 spiro atoms. The Morgan fingerprint density at radius 1 is 1.20 bits per heavy atom. The van der Waals surface area contributed by atoms with Crippen molar-refractivity contribution in [2.75, 3.05) is 37.7 Å². The number of nitrogens with one attached hydrogen (secondary N) is 1. The second-order valence-electron chi connectivity index (χ2n) is 6.35. The molecule has 2 rings (SSSR count). The predicted molar refractivity (Wildman–Crippen MR) is 105 cm³/mol. The molecule has 1 aliphatic rings. The van der Waals surface area contributed by atoms with E-state index in [4.69, 9.17) is 20.6 Å². The summed E-state index contributed by atoms with van der Waals surface area (Å²) in [4.78, 5) is 2.36. The SMILES string of the molecule is CCOP(=O)(NCC(C)c1ccc(N2CCCCC2)c(Cl)c1)OCC. The van der Waals surface area contributed by atoms with E-state index >= 15 is 0 Å². The van der Waals surface area contributed by atoms with Crippen LogP contribution in [0.2, 0.25) is 5.02 Å². The molecular weight excluding hydrogens is 359 g/mol. The quantitative estimate of drug-likeness (QED) is 0.589. The largest absolute Gasteiger partial charge is 0.405 e. The van der Waals surface area contributed by atoms with Gasteiger partial charge in [-0.3, -0.25) is 9.05 Å². The van der Waals surface area contributed by atoms with Crippen LogP contribution in [0.15, 0.2) is 18.2 Å². The molecule has 0 aliphatic carbocycles. The molecule has 0 radical (unpaired) electrons. The van der Waals surface area contributed by atoms with Gasteiger partial charge in [-0.2, -0.15) is 0 Å². The van der Waals surface area contributed by atoms with E-state index in [-0.39, 0.29) is 5.92 Å². The lowest BCUT2D eigenvalue weighted by Gasteiger charge is -2.30. The Balaban J connectivity index is 2.00. The van der Waals surface area contributed by atoms with E-state index in [2.05, 4.69) is 29.0 Å². The fourth-order valence-electron chi connectivity index (χ4n) is 3.06. The molecule has 25 heavy (non-hydrogen) atoms. The highest BCUT2D eigenvalue weighted by atomic mass is 35.5. The first kappa shape index (κ1) is 20.7. The van der Waals surface area contributed by atoms with Crippen molar-refractivity contribution in [3.05, 3.63) is 28.8 Å². The molecule has 0 bridgehead atoms. The van der Waals surface area contributed by atoms with Gasteiger partial charge in [0.05, 0.1) is 23.9 Å². The molecule has 0 saturated carbocycles. The summed E-state index contributed by atoms with van der Waals surface area (Å²) in [6, 6.07) is 6.22. The van der Waals surface area contributed by atoms with Crippen LogP contribution in [0.25, 0.3) is 0 Å². The van der Waals surface area contributed by atoms with Crippen molar-refractivity contribution in [3.8, 4) is 0 Å². The Kier molecular flexibility index (Phi) is 8.24. The number of halogens is 1. The fraction of sp³-hybridized carbons (Fsp3) is 0.667. The van der Waals surface area contributed by atoms with Gasteiger partial charge in [-0.05, 0) is 56.7 Å². The van der Waals surface area contributed by atoms with Gasteiger partial charge in [-0.1, -0.05) is 24.6 Å². The highest BCUT2D eigenvalue weighted by molar-refractivity contribution is 7.51. The Morgan fingerprint density at radius 3 is 2.40 bits per heavy atom. The van der Waals surface area contributed by atoms with Crippen LogP contribution < -0.4 is 9.99 Å². The maximum absolute atomic E-state index is 12.5. The third kappa shape index (κ3) is 5.97. The van der Waals surface area contributed by atoms with E-state index < -0.39 is 7.75 Å². The van der Waals surface area contributed by atoms with E-state index in [1.807, 2.05) is 6.07 Å². The monoisotopic (exact) mass is 388 g/mol. The summed E-state index contributed by atoms with van der Waals surface area (Å²) in [7, 11) is -3.23. The average Bonchev–Trinajstić information content (AvgIpc) is 2.61. The first-order chi connectivity index (χ1) is 12.0. The van der Waals surface area contributed by atoms with Crippen LogP contribution in [0.5, 0.6) is 0 Å². The van der Waals surface area contributed by atoms with Crippen LogP contribution >= 0.6 is 19.3 Å². The van der Waals surface area contributed by atoms with Crippen molar-refractivity contribution in [2.45, 2.75) is 46.0 Å². The molecular formula is C18H30ClN2O3P. The number of hydrogen-bond acceptors (Lipinski definition) is 4. The molecule has 1 atom stereocenters. The van der Waals surface area contributed by atoms with Gasteiger partial charge in [0.25, 0.3) is 0 Å². The molecule has 1 aromatic rings. The van der Waals surface area contributed by atoms with E-state index in [1.165, 1.54) is 19.3 Å². The maximum atomic E-state index is 12.5. The normalized spacial score (nSPS) is 16.9. The summed E-state index contributed by atoms with van der Waals surface area (Å²) in [5, 5.41) is 3.73. The van der Waals surface area contributed by atoms with Crippen LogP contribution in [-0.2, 0) is 13.6 Å². The average molecular weight is 389 g/mol. The molecule has 1 fully saturated rings. The van der Waals surface area contributed by atoms with Crippen LogP contribution in [0.1, 0.15) is 51.5 Å². The van der Waals surface area contributed by atoms with Gasteiger partial charge in [0.15, 0.2) is 0 Å². The lowest BCUT2D eigenvalue weighted by atomic mass is 10.0. The molecule has 142 valence electrons.